The molecule has 1 amide bonds. The molecule has 1 aliphatic carbocycles. The molecule has 0 unspecified atom stereocenters. The number of benzene rings is 3. The van der Waals surface area contributed by atoms with Gasteiger partial charge in [-0.05, 0) is 74.2 Å². The van der Waals surface area contributed by atoms with Crippen LogP contribution in [0, 0.1) is 17.1 Å². The van der Waals surface area contributed by atoms with Gasteiger partial charge in [-0.25, -0.2) is 9.18 Å². The fraction of sp³-hybridized carbons (Fsp3) is 0.281. The lowest BCUT2D eigenvalue weighted by molar-refractivity contribution is -0.192. The number of carbonyl (C=O) groups excluding carboxylic acids is 1. The highest BCUT2D eigenvalue weighted by Gasteiger charge is 2.38. The Labute approximate surface area is 260 Å². The van der Waals surface area contributed by atoms with Crippen LogP contribution in [-0.4, -0.2) is 47.2 Å². The summed E-state index contributed by atoms with van der Waals surface area (Å²) in [5, 5.41) is 21.1. The summed E-state index contributed by atoms with van der Waals surface area (Å²) in [6, 6.07) is 22.5. The molecular formula is C32H28ClF4N3O3S. The van der Waals surface area contributed by atoms with Crippen LogP contribution in [0.3, 0.4) is 0 Å². The molecule has 0 radical (unpaired) electrons. The molecule has 0 atom stereocenters. The van der Waals surface area contributed by atoms with E-state index in [4.69, 9.17) is 21.5 Å². The summed E-state index contributed by atoms with van der Waals surface area (Å²) in [5.41, 5.74) is 2.63. The normalized spacial score (nSPS) is 16.5. The van der Waals surface area contributed by atoms with E-state index in [0.717, 1.165) is 46.9 Å². The fourth-order valence-corrected chi connectivity index (χ4v) is 6.62. The molecule has 1 saturated carbocycles. The second-order valence-electron chi connectivity index (χ2n) is 10.3. The highest BCUT2D eigenvalue weighted by atomic mass is 35.5. The molecule has 6 nitrogen and oxygen atoms in total. The highest BCUT2D eigenvalue weighted by molar-refractivity contribution is 7.21. The number of carboxylic acid groups (broad SMARTS) is 1. The molecule has 5 rings (SSSR count). The van der Waals surface area contributed by atoms with Crippen LogP contribution in [0.2, 0.25) is 5.02 Å². The predicted molar refractivity (Wildman–Crippen MR) is 162 cm³/mol. The standard InChI is InChI=1S/C30H27ClFN3OS.C2HF3O2/c1-34-23-10-12-24(13-11-23)35(30(36)29-28(31)25-7-2-3-8-27(25)37-29)18-22-16-21(9-14-26(22)32)20-6-4-5-19(15-20)17-33;3-2(4,5)1(6)7/h2-9,14-16,23-24,34H,10-13,18H2,1H3;(H,6,7). The van der Waals surface area contributed by atoms with Gasteiger partial charge in [0.15, 0.2) is 0 Å². The summed E-state index contributed by atoms with van der Waals surface area (Å²) in [6.45, 7) is 0.149. The maximum Gasteiger partial charge on any atom is 0.490 e. The summed E-state index contributed by atoms with van der Waals surface area (Å²) in [7, 11) is 1.97. The van der Waals surface area contributed by atoms with Gasteiger partial charge in [-0.1, -0.05) is 48.0 Å². The Hall–Kier alpha value is -3.98. The molecule has 12 heteroatoms. The monoisotopic (exact) mass is 645 g/mol. The maximum atomic E-state index is 15.2. The van der Waals surface area contributed by atoms with E-state index in [-0.39, 0.29) is 24.3 Å². The van der Waals surface area contributed by atoms with Crippen molar-refractivity contribution in [1.29, 1.82) is 5.26 Å². The molecular weight excluding hydrogens is 618 g/mol. The van der Waals surface area contributed by atoms with E-state index in [1.807, 2.05) is 48.3 Å². The Kier molecular flexibility index (Phi) is 10.6. The Bertz CT molecular complexity index is 1690. The Morgan fingerprint density at radius 2 is 1.70 bits per heavy atom. The Balaban J connectivity index is 0.000000566. The number of carboxylic acids is 1. The van der Waals surface area contributed by atoms with E-state index < -0.39 is 12.1 Å². The van der Waals surface area contributed by atoms with E-state index in [2.05, 4.69) is 11.4 Å². The first-order chi connectivity index (χ1) is 20.9. The Morgan fingerprint density at radius 1 is 1.05 bits per heavy atom. The molecule has 2 N–H and O–H groups in total. The van der Waals surface area contributed by atoms with Crippen LogP contribution >= 0.6 is 22.9 Å². The minimum absolute atomic E-state index is 0.0108. The number of nitrogens with one attached hydrogen (secondary N) is 1. The molecule has 1 aromatic heterocycles. The molecule has 4 aromatic rings. The summed E-state index contributed by atoms with van der Waals surface area (Å²) >= 11 is 8.09. The molecule has 0 saturated heterocycles. The Morgan fingerprint density at radius 3 is 2.32 bits per heavy atom. The number of thiophene rings is 1. The largest absolute Gasteiger partial charge is 0.490 e. The van der Waals surface area contributed by atoms with Gasteiger partial charge in [0.25, 0.3) is 5.91 Å². The lowest BCUT2D eigenvalue weighted by Crippen LogP contribution is -2.44. The minimum Gasteiger partial charge on any atom is -0.475 e. The zero-order valence-corrected chi connectivity index (χ0v) is 25.1. The smallest absolute Gasteiger partial charge is 0.475 e. The van der Waals surface area contributed by atoms with Crippen molar-refractivity contribution < 1.29 is 32.3 Å². The first kappa shape index (κ1) is 32.9. The molecule has 0 bridgehead atoms. The third-order valence-corrected chi connectivity index (χ3v) is 9.15. The van der Waals surface area contributed by atoms with Crippen molar-refractivity contribution in [2.75, 3.05) is 7.05 Å². The van der Waals surface area contributed by atoms with Crippen LogP contribution in [-0.2, 0) is 11.3 Å². The molecule has 1 heterocycles. The van der Waals surface area contributed by atoms with Gasteiger partial charge >= 0.3 is 12.1 Å². The maximum absolute atomic E-state index is 15.2. The van der Waals surface area contributed by atoms with Crippen molar-refractivity contribution >= 4 is 44.9 Å². The number of hydrogen-bond acceptors (Lipinski definition) is 5. The van der Waals surface area contributed by atoms with E-state index in [9.17, 15) is 23.2 Å². The fourth-order valence-electron chi connectivity index (χ4n) is 5.15. The van der Waals surface area contributed by atoms with Crippen molar-refractivity contribution in [1.82, 2.24) is 10.2 Å². The van der Waals surface area contributed by atoms with Gasteiger partial charge in [0.1, 0.15) is 10.7 Å². The van der Waals surface area contributed by atoms with Crippen molar-refractivity contribution in [3.63, 3.8) is 0 Å². The number of alkyl halides is 3. The third-order valence-electron chi connectivity index (χ3n) is 7.49. The number of carbonyl (C=O) groups is 2. The SMILES string of the molecule is CNC1CCC(N(Cc2cc(-c3cccc(C#N)c3)ccc2F)C(=O)c2sc3ccccc3c2Cl)CC1.O=C(O)C(F)(F)F. The number of hydrogen-bond donors (Lipinski definition) is 2. The first-order valence-corrected chi connectivity index (χ1v) is 14.9. The molecule has 3 aromatic carbocycles. The van der Waals surface area contributed by atoms with Gasteiger partial charge in [-0.15, -0.1) is 11.3 Å². The van der Waals surface area contributed by atoms with Crippen LogP contribution < -0.4 is 5.32 Å². The van der Waals surface area contributed by atoms with Gasteiger partial charge in [0, 0.05) is 34.3 Å². The number of halogens is 5. The van der Waals surface area contributed by atoms with Gasteiger partial charge in [0.2, 0.25) is 0 Å². The van der Waals surface area contributed by atoms with E-state index >= 15 is 4.39 Å². The molecule has 44 heavy (non-hydrogen) atoms. The van der Waals surface area contributed by atoms with Gasteiger partial charge in [0.05, 0.1) is 16.7 Å². The van der Waals surface area contributed by atoms with Crippen LogP contribution in [0.5, 0.6) is 0 Å². The van der Waals surface area contributed by atoms with Crippen LogP contribution in [0.1, 0.15) is 46.5 Å². The summed E-state index contributed by atoms with van der Waals surface area (Å²) in [4.78, 5) is 25.2. The average Bonchev–Trinajstić information content (AvgIpc) is 3.36. The van der Waals surface area contributed by atoms with Crippen molar-refractivity contribution in [3.05, 3.63) is 93.6 Å². The number of rotatable bonds is 6. The summed E-state index contributed by atoms with van der Waals surface area (Å²) in [5.74, 6) is -3.27. The highest BCUT2D eigenvalue weighted by Crippen LogP contribution is 2.38. The van der Waals surface area contributed by atoms with Gasteiger partial charge < -0.3 is 15.3 Å². The van der Waals surface area contributed by atoms with E-state index in [1.54, 1.807) is 24.3 Å². The third kappa shape index (κ3) is 7.75. The number of nitriles is 1. The van der Waals surface area contributed by atoms with Gasteiger partial charge in [-0.3, -0.25) is 4.79 Å². The predicted octanol–water partition coefficient (Wildman–Crippen LogP) is 8.04. The summed E-state index contributed by atoms with van der Waals surface area (Å²) < 4.78 is 47.9. The number of aliphatic carboxylic acids is 1. The zero-order valence-electron chi connectivity index (χ0n) is 23.5. The molecule has 230 valence electrons. The van der Waals surface area contributed by atoms with Gasteiger partial charge in [-0.2, -0.15) is 18.4 Å². The number of amides is 1. The second kappa shape index (κ2) is 14.2. The molecule has 0 spiro atoms. The van der Waals surface area contributed by atoms with Crippen LogP contribution in [0.4, 0.5) is 17.6 Å². The van der Waals surface area contributed by atoms with Crippen LogP contribution in [0.15, 0.2) is 66.7 Å². The number of fused-ring (bicyclic) bond motifs is 1. The lowest BCUT2D eigenvalue weighted by Gasteiger charge is -2.37. The van der Waals surface area contributed by atoms with Crippen molar-refractivity contribution in [2.45, 2.75) is 50.5 Å². The van der Waals surface area contributed by atoms with Crippen molar-refractivity contribution in [2.24, 2.45) is 0 Å². The summed E-state index contributed by atoms with van der Waals surface area (Å²) in [6.07, 6.45) is -1.50. The zero-order chi connectivity index (χ0) is 32.0. The molecule has 1 aliphatic rings. The lowest BCUT2D eigenvalue weighted by atomic mass is 9.89. The quantitative estimate of drug-likeness (QED) is 0.207. The van der Waals surface area contributed by atoms with Crippen LogP contribution in [0.25, 0.3) is 21.2 Å². The molecule has 1 fully saturated rings. The average molecular weight is 646 g/mol. The second-order valence-corrected chi connectivity index (χ2v) is 11.7. The number of nitrogens with zero attached hydrogens (tertiary/aromatic N) is 2. The first-order valence-electron chi connectivity index (χ1n) is 13.7. The van der Waals surface area contributed by atoms with E-state index in [0.29, 0.717) is 27.1 Å². The minimum atomic E-state index is -5.08. The topological polar surface area (TPSA) is 93.4 Å². The van der Waals surface area contributed by atoms with Crippen molar-refractivity contribution in [3.8, 4) is 17.2 Å². The van der Waals surface area contributed by atoms with E-state index in [1.165, 1.54) is 17.4 Å². The molecule has 0 aliphatic heterocycles.